The third-order valence-electron chi connectivity index (χ3n) is 4.23. The molecule has 1 aliphatic rings. The van der Waals surface area contributed by atoms with E-state index in [1.54, 1.807) is 6.33 Å². The van der Waals surface area contributed by atoms with Gasteiger partial charge in [-0.2, -0.15) is 0 Å². The van der Waals surface area contributed by atoms with E-state index in [1.807, 2.05) is 13.8 Å². The molecule has 2 N–H and O–H groups in total. The molecule has 1 aromatic heterocycles. The monoisotopic (exact) mass is 293 g/mol. The van der Waals surface area contributed by atoms with E-state index >= 15 is 0 Å². The average molecular weight is 293 g/mol. The van der Waals surface area contributed by atoms with Gasteiger partial charge in [-0.05, 0) is 27.7 Å². The van der Waals surface area contributed by atoms with E-state index in [0.717, 1.165) is 37.6 Å². The molecule has 1 aliphatic heterocycles. The van der Waals surface area contributed by atoms with Crippen molar-refractivity contribution in [3.05, 3.63) is 11.9 Å². The lowest BCUT2D eigenvalue weighted by Crippen LogP contribution is -2.57. The minimum Gasteiger partial charge on any atom is -0.478 e. The Balaban J connectivity index is 2.07. The van der Waals surface area contributed by atoms with Crippen molar-refractivity contribution in [2.45, 2.75) is 33.2 Å². The lowest BCUT2D eigenvalue weighted by Gasteiger charge is -2.44. The number of piperazine rings is 1. The van der Waals surface area contributed by atoms with Gasteiger partial charge in [0.25, 0.3) is 0 Å². The molecule has 0 amide bonds. The highest BCUT2D eigenvalue weighted by atomic mass is 16.5. The highest BCUT2D eigenvalue weighted by Crippen LogP contribution is 2.26. The number of ether oxygens (including phenoxy) is 1. The zero-order valence-corrected chi connectivity index (χ0v) is 13.6. The van der Waals surface area contributed by atoms with Crippen molar-refractivity contribution in [1.29, 1.82) is 0 Å². The van der Waals surface area contributed by atoms with Gasteiger partial charge in [0, 0.05) is 38.3 Å². The van der Waals surface area contributed by atoms with Crippen molar-refractivity contribution in [3.8, 4) is 5.88 Å². The first-order valence-electron chi connectivity index (χ1n) is 7.64. The third-order valence-corrected chi connectivity index (χ3v) is 4.23. The Morgan fingerprint density at radius 3 is 2.48 bits per heavy atom. The minimum absolute atomic E-state index is 0.0588. The van der Waals surface area contributed by atoms with Crippen LogP contribution in [0.15, 0.2) is 6.33 Å². The number of hydrogen-bond donors (Lipinski definition) is 1. The highest BCUT2D eigenvalue weighted by molar-refractivity contribution is 5.50. The van der Waals surface area contributed by atoms with Crippen LogP contribution >= 0.6 is 0 Å². The van der Waals surface area contributed by atoms with Crippen LogP contribution in [0.1, 0.15) is 26.3 Å². The Hall–Kier alpha value is -1.40. The van der Waals surface area contributed by atoms with Gasteiger partial charge in [0.2, 0.25) is 5.88 Å². The molecule has 0 aliphatic carbocycles. The first-order valence-corrected chi connectivity index (χ1v) is 7.64. The van der Waals surface area contributed by atoms with E-state index in [2.05, 4.69) is 33.6 Å². The van der Waals surface area contributed by atoms with Gasteiger partial charge in [0.15, 0.2) is 0 Å². The fourth-order valence-electron chi connectivity index (χ4n) is 2.68. The van der Waals surface area contributed by atoms with Gasteiger partial charge in [-0.1, -0.05) is 0 Å². The van der Waals surface area contributed by atoms with E-state index in [4.69, 9.17) is 10.5 Å². The number of hydrogen-bond acceptors (Lipinski definition) is 6. The first-order chi connectivity index (χ1) is 9.99. The summed E-state index contributed by atoms with van der Waals surface area (Å²) in [6.07, 6.45) is 1.59. The average Bonchev–Trinajstić information content (AvgIpc) is 2.50. The van der Waals surface area contributed by atoms with Gasteiger partial charge in [-0.25, -0.2) is 9.97 Å². The molecule has 6 heteroatoms. The van der Waals surface area contributed by atoms with Gasteiger partial charge >= 0.3 is 0 Å². The van der Waals surface area contributed by atoms with Gasteiger partial charge in [-0.3, -0.25) is 4.90 Å². The van der Waals surface area contributed by atoms with Crippen molar-refractivity contribution in [2.24, 2.45) is 5.73 Å². The molecule has 0 unspecified atom stereocenters. The van der Waals surface area contributed by atoms with Crippen LogP contribution in [-0.4, -0.2) is 59.7 Å². The molecule has 118 valence electrons. The Bertz CT molecular complexity index is 469. The molecule has 1 aromatic rings. The molecule has 6 nitrogen and oxygen atoms in total. The maximum atomic E-state index is 5.87. The van der Waals surface area contributed by atoms with Crippen molar-refractivity contribution in [3.63, 3.8) is 0 Å². The van der Waals surface area contributed by atoms with Crippen LogP contribution in [0.25, 0.3) is 0 Å². The largest absolute Gasteiger partial charge is 0.478 e. The fourth-order valence-corrected chi connectivity index (χ4v) is 2.68. The summed E-state index contributed by atoms with van der Waals surface area (Å²) in [6.45, 7) is 13.6. The summed E-state index contributed by atoms with van der Waals surface area (Å²) in [6, 6.07) is 0. The second-order valence-corrected chi connectivity index (χ2v) is 6.05. The predicted octanol–water partition coefficient (Wildman–Crippen LogP) is 1.04. The van der Waals surface area contributed by atoms with Crippen LogP contribution < -0.4 is 15.4 Å². The zero-order chi connectivity index (χ0) is 15.5. The van der Waals surface area contributed by atoms with E-state index in [0.29, 0.717) is 19.0 Å². The van der Waals surface area contributed by atoms with E-state index in [9.17, 15) is 0 Å². The Labute approximate surface area is 127 Å². The summed E-state index contributed by atoms with van der Waals surface area (Å²) in [4.78, 5) is 13.4. The van der Waals surface area contributed by atoms with E-state index in [-0.39, 0.29) is 5.54 Å². The second kappa shape index (κ2) is 6.58. The van der Waals surface area contributed by atoms with Gasteiger partial charge in [0.05, 0.1) is 12.2 Å². The lowest BCUT2D eigenvalue weighted by atomic mass is 10.0. The van der Waals surface area contributed by atoms with Crippen LogP contribution in [0, 0.1) is 6.92 Å². The van der Waals surface area contributed by atoms with E-state index in [1.165, 1.54) is 0 Å². The first kappa shape index (κ1) is 16.0. The standard InChI is InChI=1S/C15H27N5O/c1-5-21-14-12(2)13(17-11-18-14)19-6-8-20(9-7-19)15(3,4)10-16/h11H,5-10,16H2,1-4H3. The summed E-state index contributed by atoms with van der Waals surface area (Å²) >= 11 is 0. The molecule has 1 fully saturated rings. The number of anilines is 1. The smallest absolute Gasteiger partial charge is 0.221 e. The number of nitrogens with two attached hydrogens (primary N) is 1. The molecule has 1 saturated heterocycles. The summed E-state index contributed by atoms with van der Waals surface area (Å²) < 4.78 is 5.56. The zero-order valence-electron chi connectivity index (χ0n) is 13.6. The van der Waals surface area contributed by atoms with Gasteiger partial charge in [0.1, 0.15) is 12.1 Å². The number of nitrogens with zero attached hydrogens (tertiary/aromatic N) is 4. The van der Waals surface area contributed by atoms with Crippen LogP contribution in [-0.2, 0) is 0 Å². The number of aromatic nitrogens is 2. The Morgan fingerprint density at radius 1 is 1.24 bits per heavy atom. The quantitative estimate of drug-likeness (QED) is 0.875. The summed E-state index contributed by atoms with van der Waals surface area (Å²) in [5.74, 6) is 1.67. The molecule has 0 radical (unpaired) electrons. The summed E-state index contributed by atoms with van der Waals surface area (Å²) in [5.41, 5.74) is 6.95. The molecule has 21 heavy (non-hydrogen) atoms. The highest BCUT2D eigenvalue weighted by Gasteiger charge is 2.29. The van der Waals surface area contributed by atoms with Crippen molar-refractivity contribution >= 4 is 5.82 Å². The molecule has 2 rings (SSSR count). The van der Waals surface area contributed by atoms with Crippen molar-refractivity contribution < 1.29 is 4.74 Å². The van der Waals surface area contributed by atoms with E-state index < -0.39 is 0 Å². The summed E-state index contributed by atoms with van der Waals surface area (Å²) in [7, 11) is 0. The van der Waals surface area contributed by atoms with Crippen LogP contribution in [0.4, 0.5) is 5.82 Å². The Morgan fingerprint density at radius 2 is 1.90 bits per heavy atom. The fraction of sp³-hybridized carbons (Fsp3) is 0.733. The Kier molecular flexibility index (Phi) is 5.00. The van der Waals surface area contributed by atoms with Gasteiger partial charge in [-0.15, -0.1) is 0 Å². The van der Waals surface area contributed by atoms with Crippen LogP contribution in [0.2, 0.25) is 0 Å². The molecule has 0 spiro atoms. The van der Waals surface area contributed by atoms with Crippen molar-refractivity contribution in [1.82, 2.24) is 14.9 Å². The molecule has 0 atom stereocenters. The lowest BCUT2D eigenvalue weighted by molar-refractivity contribution is 0.119. The number of rotatable bonds is 5. The molecular weight excluding hydrogens is 266 g/mol. The van der Waals surface area contributed by atoms with Crippen molar-refractivity contribution in [2.75, 3.05) is 44.2 Å². The topological polar surface area (TPSA) is 67.5 Å². The second-order valence-electron chi connectivity index (χ2n) is 6.05. The third kappa shape index (κ3) is 3.44. The molecule has 0 aromatic carbocycles. The SMILES string of the molecule is CCOc1ncnc(N2CCN(C(C)(C)CN)CC2)c1C. The summed E-state index contributed by atoms with van der Waals surface area (Å²) in [5, 5.41) is 0. The normalized spacial score (nSPS) is 17.1. The molecule has 2 heterocycles. The maximum Gasteiger partial charge on any atom is 0.221 e. The van der Waals surface area contributed by atoms with Crippen LogP contribution in [0.5, 0.6) is 5.88 Å². The minimum atomic E-state index is 0.0588. The van der Waals surface area contributed by atoms with Crippen LogP contribution in [0.3, 0.4) is 0 Å². The molecule has 0 bridgehead atoms. The molecule has 0 saturated carbocycles. The predicted molar refractivity (Wildman–Crippen MR) is 84.9 cm³/mol. The maximum absolute atomic E-state index is 5.87. The van der Waals surface area contributed by atoms with Gasteiger partial charge < -0.3 is 15.4 Å². The molecular formula is C15H27N5O.